The smallest absolute Gasteiger partial charge is 0.302 e. The van der Waals surface area contributed by atoms with Crippen LogP contribution in [0.3, 0.4) is 0 Å². The molecule has 0 amide bonds. The molecule has 3 nitrogen and oxygen atoms in total. The summed E-state index contributed by atoms with van der Waals surface area (Å²) in [6.45, 7) is 6.03. The predicted molar refractivity (Wildman–Crippen MR) is 91.7 cm³/mol. The van der Waals surface area contributed by atoms with Gasteiger partial charge in [-0.25, -0.2) is 0 Å². The van der Waals surface area contributed by atoms with Gasteiger partial charge in [0.25, 0.3) is 0 Å². The van der Waals surface area contributed by atoms with Crippen LogP contribution in [0.4, 0.5) is 0 Å². The van der Waals surface area contributed by atoms with Crippen LogP contribution in [0, 0.1) is 6.92 Å². The number of methoxy groups -OCH3 is 1. The van der Waals surface area contributed by atoms with Crippen LogP contribution in [0.1, 0.15) is 25.8 Å². The summed E-state index contributed by atoms with van der Waals surface area (Å²) in [6.07, 6.45) is 0.902. The molecule has 1 aromatic carbocycles. The summed E-state index contributed by atoms with van der Waals surface area (Å²) in [5, 5.41) is 3.40. The largest absolute Gasteiger partial charge is 0.495 e. The van der Waals surface area contributed by atoms with E-state index < -0.39 is 0 Å². The summed E-state index contributed by atoms with van der Waals surface area (Å²) in [4.78, 5) is 11.0. The van der Waals surface area contributed by atoms with Gasteiger partial charge >= 0.3 is 5.97 Å². The van der Waals surface area contributed by atoms with E-state index in [2.05, 4.69) is 23.1 Å². The minimum Gasteiger partial charge on any atom is -0.495 e. The molecular weight excluding hydrogens is 328 g/mol. The van der Waals surface area contributed by atoms with Gasteiger partial charge in [-0.2, -0.15) is 0 Å². The Hall–Kier alpha value is -0.910. The number of thiophene rings is 1. The normalized spacial score (nSPS) is 9.95. The molecule has 1 heterocycles. The third kappa shape index (κ3) is 5.09. The summed E-state index contributed by atoms with van der Waals surface area (Å²) >= 11 is 1.71. The standard InChI is InChI=1S/C10H9ClOS2.C5H10O2/c1-6-5-13-9-7(6)3-4-8(12-2)10(9)14-11;1-3-4-7-5(2)6/h3-5H,1-2H3;3-4H2,1-2H3. The molecule has 0 aliphatic carbocycles. The fraction of sp³-hybridized carbons (Fsp3) is 0.400. The molecule has 0 saturated heterocycles. The van der Waals surface area contributed by atoms with Gasteiger partial charge in [0.2, 0.25) is 0 Å². The van der Waals surface area contributed by atoms with Crippen molar-refractivity contribution in [1.29, 1.82) is 0 Å². The zero-order valence-electron chi connectivity index (χ0n) is 12.6. The molecule has 0 atom stereocenters. The number of halogens is 1. The van der Waals surface area contributed by atoms with Gasteiger partial charge in [-0.3, -0.25) is 4.79 Å². The van der Waals surface area contributed by atoms with E-state index in [0.717, 1.165) is 17.1 Å². The van der Waals surface area contributed by atoms with Crippen LogP contribution >= 0.6 is 33.0 Å². The molecule has 0 bridgehead atoms. The van der Waals surface area contributed by atoms with Gasteiger partial charge in [0, 0.05) is 6.92 Å². The van der Waals surface area contributed by atoms with E-state index in [4.69, 9.17) is 15.4 Å². The summed E-state index contributed by atoms with van der Waals surface area (Å²) in [7, 11) is 8.73. The van der Waals surface area contributed by atoms with Gasteiger partial charge < -0.3 is 9.47 Å². The van der Waals surface area contributed by atoms with E-state index in [1.54, 1.807) is 18.4 Å². The van der Waals surface area contributed by atoms with E-state index in [1.165, 1.54) is 33.5 Å². The number of fused-ring (bicyclic) bond motifs is 1. The van der Waals surface area contributed by atoms with Gasteiger partial charge in [-0.1, -0.05) is 6.92 Å². The first-order valence-corrected chi connectivity index (χ1v) is 9.04. The van der Waals surface area contributed by atoms with Crippen LogP contribution in [0.25, 0.3) is 10.1 Å². The number of benzene rings is 1. The average Bonchev–Trinajstić information content (AvgIpc) is 2.86. The quantitative estimate of drug-likeness (QED) is 0.692. The van der Waals surface area contributed by atoms with Crippen molar-refractivity contribution in [3.63, 3.8) is 0 Å². The van der Waals surface area contributed by atoms with Crippen molar-refractivity contribution in [2.45, 2.75) is 32.1 Å². The number of carbonyl (C=O) groups excluding carboxylic acids is 1. The van der Waals surface area contributed by atoms with Crippen LogP contribution in [-0.2, 0) is 9.53 Å². The Morgan fingerprint density at radius 3 is 2.62 bits per heavy atom. The Morgan fingerprint density at radius 2 is 2.14 bits per heavy atom. The van der Waals surface area contributed by atoms with Crippen LogP contribution in [-0.4, -0.2) is 19.7 Å². The van der Waals surface area contributed by atoms with Crippen molar-refractivity contribution in [2.24, 2.45) is 0 Å². The van der Waals surface area contributed by atoms with E-state index in [0.29, 0.717) is 6.61 Å². The highest BCUT2D eigenvalue weighted by molar-refractivity contribution is 8.21. The molecule has 6 heteroatoms. The maximum Gasteiger partial charge on any atom is 0.302 e. The van der Waals surface area contributed by atoms with Gasteiger partial charge in [0.05, 0.1) is 23.3 Å². The van der Waals surface area contributed by atoms with Crippen molar-refractivity contribution in [2.75, 3.05) is 13.7 Å². The highest BCUT2D eigenvalue weighted by Gasteiger charge is 2.10. The maximum atomic E-state index is 9.98. The second kappa shape index (κ2) is 9.18. The fourth-order valence-corrected chi connectivity index (χ4v) is 3.92. The maximum absolute atomic E-state index is 9.98. The van der Waals surface area contributed by atoms with Crippen LogP contribution in [0.5, 0.6) is 5.75 Å². The number of aryl methyl sites for hydroxylation is 1. The van der Waals surface area contributed by atoms with E-state index in [-0.39, 0.29) is 5.97 Å². The second-order valence-corrected chi connectivity index (χ2v) is 6.21. The monoisotopic (exact) mass is 346 g/mol. The lowest BCUT2D eigenvalue weighted by Crippen LogP contribution is -1.98. The lowest BCUT2D eigenvalue weighted by molar-refractivity contribution is -0.140. The third-order valence-electron chi connectivity index (χ3n) is 2.66. The molecule has 0 N–H and O–H groups in total. The Kier molecular flexibility index (Phi) is 7.93. The molecule has 0 fully saturated rings. The second-order valence-electron chi connectivity index (χ2n) is 4.31. The highest BCUT2D eigenvalue weighted by atomic mass is 35.7. The molecule has 21 heavy (non-hydrogen) atoms. The third-order valence-corrected chi connectivity index (χ3v) is 4.94. The number of hydrogen-bond donors (Lipinski definition) is 0. The first kappa shape index (κ1) is 18.1. The van der Waals surface area contributed by atoms with E-state index >= 15 is 0 Å². The number of rotatable bonds is 4. The van der Waals surface area contributed by atoms with Crippen molar-refractivity contribution in [1.82, 2.24) is 0 Å². The first-order valence-electron chi connectivity index (χ1n) is 6.51. The zero-order chi connectivity index (χ0) is 15.8. The molecule has 116 valence electrons. The minimum absolute atomic E-state index is 0.193. The molecule has 0 aliphatic rings. The SMILES string of the molecule is CCCOC(C)=O.COc1ccc2c(C)csc2c1SCl. The van der Waals surface area contributed by atoms with Gasteiger partial charge in [-0.15, -0.1) is 11.3 Å². The molecule has 0 saturated carbocycles. The fourth-order valence-electron chi connectivity index (χ4n) is 1.66. The van der Waals surface area contributed by atoms with Gasteiger partial charge in [0.15, 0.2) is 0 Å². The molecule has 0 radical (unpaired) electrons. The number of esters is 1. The van der Waals surface area contributed by atoms with Gasteiger partial charge in [0.1, 0.15) is 5.75 Å². The van der Waals surface area contributed by atoms with Crippen LogP contribution in [0.2, 0.25) is 0 Å². The molecule has 0 aliphatic heterocycles. The minimum atomic E-state index is -0.193. The van der Waals surface area contributed by atoms with Crippen molar-refractivity contribution in [3.05, 3.63) is 23.1 Å². The predicted octanol–water partition coefficient (Wildman–Crippen LogP) is 5.42. The van der Waals surface area contributed by atoms with Gasteiger partial charge in [-0.05, 0) is 63.5 Å². The van der Waals surface area contributed by atoms with Crippen molar-refractivity contribution < 1.29 is 14.3 Å². The first-order chi connectivity index (χ1) is 10.0. The highest BCUT2D eigenvalue weighted by Crippen LogP contribution is 2.41. The average molecular weight is 347 g/mol. The Morgan fingerprint density at radius 1 is 1.43 bits per heavy atom. The Bertz CT molecular complexity index is 596. The molecule has 2 aromatic rings. The molecular formula is C15H19ClO3S2. The molecule has 1 aromatic heterocycles. The van der Waals surface area contributed by atoms with E-state index in [1.807, 2.05) is 13.0 Å². The molecule has 0 unspecified atom stereocenters. The summed E-state index contributed by atoms with van der Waals surface area (Å²) in [5.74, 6) is 0.654. The summed E-state index contributed by atoms with van der Waals surface area (Å²) in [5.41, 5.74) is 1.29. The van der Waals surface area contributed by atoms with Crippen molar-refractivity contribution in [3.8, 4) is 5.75 Å². The van der Waals surface area contributed by atoms with Crippen molar-refractivity contribution >= 4 is 49.1 Å². The number of hydrogen-bond acceptors (Lipinski definition) is 5. The summed E-state index contributed by atoms with van der Waals surface area (Å²) < 4.78 is 11.0. The Balaban J connectivity index is 0.000000270. The lowest BCUT2D eigenvalue weighted by atomic mass is 10.2. The molecule has 0 spiro atoms. The van der Waals surface area contributed by atoms with E-state index in [9.17, 15) is 4.79 Å². The topological polar surface area (TPSA) is 35.5 Å². The van der Waals surface area contributed by atoms with Crippen LogP contribution in [0.15, 0.2) is 22.4 Å². The number of ether oxygens (including phenoxy) is 2. The zero-order valence-corrected chi connectivity index (χ0v) is 15.0. The summed E-state index contributed by atoms with van der Waals surface area (Å²) in [6, 6.07) is 4.05. The van der Waals surface area contributed by atoms with Crippen LogP contribution < -0.4 is 4.74 Å². The lowest BCUT2D eigenvalue weighted by Gasteiger charge is -2.05. The Labute approximate surface area is 138 Å². The number of carbonyl (C=O) groups is 1. The molecule has 2 rings (SSSR count).